The van der Waals surface area contributed by atoms with Crippen molar-refractivity contribution < 1.29 is 24.5 Å². The van der Waals surface area contributed by atoms with E-state index in [1.54, 1.807) is 43.5 Å². The van der Waals surface area contributed by atoms with E-state index in [0.717, 1.165) is 17.5 Å². The fourth-order valence-corrected chi connectivity index (χ4v) is 2.46. The SMILES string of the molecule is CCOC(Cc1ccc(OC[C@H](O)c2ccc(CC)cn2)cc1)C(=O)O. The van der Waals surface area contributed by atoms with Crippen molar-refractivity contribution in [1.82, 2.24) is 4.98 Å². The standard InChI is InChI=1S/C20H25NO5/c1-3-14-7-10-17(21-12-14)18(22)13-26-16-8-5-15(6-9-16)11-19(20(23)24)25-4-2/h5-10,12,18-19,22H,3-4,11,13H2,1-2H3,(H,23,24)/t18-,19?/m0/s1. The van der Waals surface area contributed by atoms with Gasteiger partial charge < -0.3 is 19.7 Å². The zero-order valence-electron chi connectivity index (χ0n) is 15.1. The van der Waals surface area contributed by atoms with Crippen LogP contribution >= 0.6 is 0 Å². The molecule has 0 saturated heterocycles. The Hall–Kier alpha value is -2.44. The predicted molar refractivity (Wildman–Crippen MR) is 97.3 cm³/mol. The first-order valence-corrected chi connectivity index (χ1v) is 8.72. The molecule has 0 radical (unpaired) electrons. The molecule has 1 heterocycles. The monoisotopic (exact) mass is 359 g/mol. The number of hydrogen-bond acceptors (Lipinski definition) is 5. The summed E-state index contributed by atoms with van der Waals surface area (Å²) >= 11 is 0. The molecule has 2 aromatic rings. The molecule has 0 aliphatic carbocycles. The maximum Gasteiger partial charge on any atom is 0.333 e. The molecule has 140 valence electrons. The summed E-state index contributed by atoms with van der Waals surface area (Å²) in [6.45, 7) is 4.26. The molecule has 26 heavy (non-hydrogen) atoms. The summed E-state index contributed by atoms with van der Waals surface area (Å²) in [4.78, 5) is 15.4. The van der Waals surface area contributed by atoms with E-state index >= 15 is 0 Å². The number of carboxylic acids is 1. The van der Waals surface area contributed by atoms with Gasteiger partial charge in [0, 0.05) is 19.2 Å². The third kappa shape index (κ3) is 5.82. The third-order valence-corrected chi connectivity index (χ3v) is 3.99. The Morgan fingerprint density at radius 2 is 1.81 bits per heavy atom. The number of carboxylic acid groups (broad SMARTS) is 1. The van der Waals surface area contributed by atoms with Crippen LogP contribution in [0, 0.1) is 0 Å². The maximum absolute atomic E-state index is 11.1. The summed E-state index contributed by atoms with van der Waals surface area (Å²) in [6, 6.07) is 10.8. The van der Waals surface area contributed by atoms with Crippen LogP contribution in [0.5, 0.6) is 5.75 Å². The average Bonchev–Trinajstić information content (AvgIpc) is 2.66. The molecule has 6 nitrogen and oxygen atoms in total. The van der Waals surface area contributed by atoms with E-state index in [1.165, 1.54) is 0 Å². The summed E-state index contributed by atoms with van der Waals surface area (Å²) in [5.41, 5.74) is 2.53. The number of aliphatic hydroxyl groups excluding tert-OH is 1. The summed E-state index contributed by atoms with van der Waals surface area (Å²) in [6.07, 6.45) is 1.28. The molecular weight excluding hydrogens is 334 g/mol. The Morgan fingerprint density at radius 1 is 1.12 bits per heavy atom. The van der Waals surface area contributed by atoms with Crippen LogP contribution < -0.4 is 4.74 Å². The molecule has 0 fully saturated rings. The van der Waals surface area contributed by atoms with Crippen molar-refractivity contribution in [3.63, 3.8) is 0 Å². The van der Waals surface area contributed by atoms with Crippen LogP contribution in [-0.2, 0) is 22.4 Å². The van der Waals surface area contributed by atoms with Gasteiger partial charge in [-0.3, -0.25) is 4.98 Å². The van der Waals surface area contributed by atoms with E-state index in [9.17, 15) is 9.90 Å². The largest absolute Gasteiger partial charge is 0.490 e. The Bertz CT molecular complexity index is 684. The van der Waals surface area contributed by atoms with Gasteiger partial charge in [-0.15, -0.1) is 0 Å². The smallest absolute Gasteiger partial charge is 0.333 e. The molecule has 0 bridgehead atoms. The number of ether oxygens (including phenoxy) is 2. The number of rotatable bonds is 10. The van der Waals surface area contributed by atoms with Crippen LogP contribution in [0.25, 0.3) is 0 Å². The van der Waals surface area contributed by atoms with E-state index in [2.05, 4.69) is 4.98 Å². The van der Waals surface area contributed by atoms with Gasteiger partial charge in [-0.25, -0.2) is 4.79 Å². The van der Waals surface area contributed by atoms with Crippen molar-refractivity contribution >= 4 is 5.97 Å². The van der Waals surface area contributed by atoms with Crippen LogP contribution in [0.1, 0.15) is 36.8 Å². The third-order valence-electron chi connectivity index (χ3n) is 3.99. The normalized spacial score (nSPS) is 13.2. The summed E-state index contributed by atoms with van der Waals surface area (Å²) in [5.74, 6) is -0.377. The summed E-state index contributed by atoms with van der Waals surface area (Å²) in [7, 11) is 0. The van der Waals surface area contributed by atoms with Gasteiger partial charge in [0.05, 0.1) is 5.69 Å². The predicted octanol–water partition coefficient (Wildman–Crippen LogP) is 2.79. The van der Waals surface area contributed by atoms with Gasteiger partial charge in [0.25, 0.3) is 0 Å². The first-order chi connectivity index (χ1) is 12.5. The van der Waals surface area contributed by atoms with Crippen molar-refractivity contribution in [2.75, 3.05) is 13.2 Å². The average molecular weight is 359 g/mol. The van der Waals surface area contributed by atoms with Crippen molar-refractivity contribution in [2.24, 2.45) is 0 Å². The molecule has 0 saturated carbocycles. The van der Waals surface area contributed by atoms with Crippen molar-refractivity contribution in [3.05, 3.63) is 59.4 Å². The lowest BCUT2D eigenvalue weighted by Gasteiger charge is -2.14. The molecule has 6 heteroatoms. The molecule has 2 rings (SSSR count). The molecule has 2 atom stereocenters. The Balaban J connectivity index is 1.88. The highest BCUT2D eigenvalue weighted by atomic mass is 16.5. The van der Waals surface area contributed by atoms with Gasteiger partial charge in [-0.1, -0.05) is 25.1 Å². The first kappa shape index (κ1) is 19.9. The van der Waals surface area contributed by atoms with E-state index in [4.69, 9.17) is 14.6 Å². The van der Waals surface area contributed by atoms with Gasteiger partial charge in [-0.05, 0) is 42.7 Å². The van der Waals surface area contributed by atoms with Crippen LogP contribution in [-0.4, -0.2) is 40.5 Å². The number of hydrogen-bond donors (Lipinski definition) is 2. The minimum Gasteiger partial charge on any atom is -0.490 e. The summed E-state index contributed by atoms with van der Waals surface area (Å²) in [5, 5.41) is 19.3. The van der Waals surface area contributed by atoms with E-state index < -0.39 is 18.2 Å². The fraction of sp³-hybridized carbons (Fsp3) is 0.400. The second-order valence-electron chi connectivity index (χ2n) is 5.90. The molecule has 2 N–H and O–H groups in total. The molecule has 1 aromatic heterocycles. The Labute approximate surface area is 153 Å². The van der Waals surface area contributed by atoms with Gasteiger partial charge in [0.1, 0.15) is 18.5 Å². The fourth-order valence-electron chi connectivity index (χ4n) is 2.46. The number of nitrogens with zero attached hydrogens (tertiary/aromatic N) is 1. The number of benzene rings is 1. The van der Waals surface area contributed by atoms with E-state index in [0.29, 0.717) is 24.5 Å². The number of aromatic nitrogens is 1. The van der Waals surface area contributed by atoms with Gasteiger partial charge in [-0.2, -0.15) is 0 Å². The van der Waals surface area contributed by atoms with E-state index in [1.807, 2.05) is 13.0 Å². The number of aliphatic carboxylic acids is 1. The maximum atomic E-state index is 11.1. The zero-order chi connectivity index (χ0) is 18.9. The number of aryl methyl sites for hydroxylation is 1. The molecule has 0 spiro atoms. The van der Waals surface area contributed by atoms with Gasteiger partial charge >= 0.3 is 5.97 Å². The Morgan fingerprint density at radius 3 is 2.35 bits per heavy atom. The number of pyridine rings is 1. The highest BCUT2D eigenvalue weighted by Crippen LogP contribution is 2.17. The molecule has 0 aliphatic rings. The van der Waals surface area contributed by atoms with Crippen LogP contribution in [0.2, 0.25) is 0 Å². The number of aliphatic hydroxyl groups is 1. The summed E-state index contributed by atoms with van der Waals surface area (Å²) < 4.78 is 10.8. The van der Waals surface area contributed by atoms with Crippen LogP contribution in [0.3, 0.4) is 0 Å². The minimum atomic E-state index is -0.975. The highest BCUT2D eigenvalue weighted by Gasteiger charge is 2.18. The molecule has 1 unspecified atom stereocenters. The van der Waals surface area contributed by atoms with Crippen molar-refractivity contribution in [2.45, 2.75) is 38.9 Å². The Kier molecular flexibility index (Phi) is 7.56. The second kappa shape index (κ2) is 9.89. The minimum absolute atomic E-state index is 0.0918. The molecule has 0 amide bonds. The lowest BCUT2D eigenvalue weighted by atomic mass is 10.1. The lowest BCUT2D eigenvalue weighted by molar-refractivity contribution is -0.149. The van der Waals surface area contributed by atoms with Crippen molar-refractivity contribution in [3.8, 4) is 5.75 Å². The van der Waals surface area contributed by atoms with E-state index in [-0.39, 0.29) is 6.61 Å². The molecule has 1 aromatic carbocycles. The van der Waals surface area contributed by atoms with Gasteiger partial charge in [0.15, 0.2) is 6.10 Å². The number of carbonyl (C=O) groups is 1. The molecular formula is C20H25NO5. The van der Waals surface area contributed by atoms with Crippen molar-refractivity contribution in [1.29, 1.82) is 0 Å². The second-order valence-corrected chi connectivity index (χ2v) is 5.90. The first-order valence-electron chi connectivity index (χ1n) is 8.72. The zero-order valence-corrected chi connectivity index (χ0v) is 15.1. The molecule has 0 aliphatic heterocycles. The van der Waals surface area contributed by atoms with Crippen LogP contribution in [0.15, 0.2) is 42.6 Å². The lowest BCUT2D eigenvalue weighted by Crippen LogP contribution is -2.26. The topological polar surface area (TPSA) is 88.9 Å². The quantitative estimate of drug-likeness (QED) is 0.678. The highest BCUT2D eigenvalue weighted by molar-refractivity contribution is 5.72. The van der Waals surface area contributed by atoms with Crippen LogP contribution in [0.4, 0.5) is 0 Å². The van der Waals surface area contributed by atoms with Gasteiger partial charge in [0.2, 0.25) is 0 Å².